The van der Waals surface area contributed by atoms with Crippen molar-refractivity contribution in [3.8, 4) is 40.0 Å². The van der Waals surface area contributed by atoms with Gasteiger partial charge in [0.25, 0.3) is 0 Å². The fraction of sp³-hybridized carbons (Fsp3) is 0. The molecule has 5 heteroatoms. The molecule has 0 unspecified atom stereocenters. The fourth-order valence-electron chi connectivity index (χ4n) is 2.54. The Bertz CT molecular complexity index is 1040. The number of nitrogens with zero attached hydrogens (tertiary/aromatic N) is 1. The molecule has 1 N–H and O–H groups in total. The zero-order valence-electron chi connectivity index (χ0n) is 13.6. The van der Waals surface area contributed by atoms with Gasteiger partial charge in [-0.3, -0.25) is 0 Å². The van der Waals surface area contributed by atoms with Crippen molar-refractivity contribution in [1.29, 1.82) is 0 Å². The average molecular weight is 347 g/mol. The van der Waals surface area contributed by atoms with Gasteiger partial charge in [-0.05, 0) is 42.5 Å². The van der Waals surface area contributed by atoms with E-state index >= 15 is 0 Å². The number of phenols is 1. The number of aromatic hydroxyl groups is 1. The zero-order valence-corrected chi connectivity index (χ0v) is 13.6. The van der Waals surface area contributed by atoms with E-state index in [9.17, 15) is 9.50 Å². The van der Waals surface area contributed by atoms with Gasteiger partial charge in [0.05, 0.1) is 0 Å². The molecule has 1 aromatic heterocycles. The van der Waals surface area contributed by atoms with Gasteiger partial charge >= 0.3 is 0 Å². The van der Waals surface area contributed by atoms with Crippen molar-refractivity contribution < 1.29 is 18.7 Å². The molecule has 26 heavy (non-hydrogen) atoms. The molecule has 0 saturated carbocycles. The Balaban J connectivity index is 1.67. The molecule has 0 aliphatic carbocycles. The van der Waals surface area contributed by atoms with Crippen LogP contribution in [0.3, 0.4) is 0 Å². The molecule has 0 fully saturated rings. The van der Waals surface area contributed by atoms with Crippen LogP contribution in [-0.4, -0.2) is 10.1 Å². The highest BCUT2D eigenvalue weighted by molar-refractivity contribution is 5.65. The molecule has 4 aromatic rings. The smallest absolute Gasteiger partial charge is 0.226 e. The summed E-state index contributed by atoms with van der Waals surface area (Å²) < 4.78 is 25.1. The number of oxazole rings is 1. The van der Waals surface area contributed by atoms with Crippen molar-refractivity contribution in [2.24, 2.45) is 0 Å². The van der Waals surface area contributed by atoms with Crippen molar-refractivity contribution in [2.75, 3.05) is 0 Å². The minimum atomic E-state index is -0.369. The summed E-state index contributed by atoms with van der Waals surface area (Å²) in [5.41, 5.74) is 1.37. The van der Waals surface area contributed by atoms with Crippen molar-refractivity contribution in [2.45, 2.75) is 0 Å². The summed E-state index contributed by atoms with van der Waals surface area (Å²) in [5, 5.41) is 10.0. The first-order chi connectivity index (χ1) is 12.7. The van der Waals surface area contributed by atoms with Crippen LogP contribution in [0.1, 0.15) is 0 Å². The molecule has 0 aliphatic rings. The van der Waals surface area contributed by atoms with Gasteiger partial charge in [-0.1, -0.05) is 30.3 Å². The molecular weight excluding hydrogens is 333 g/mol. The van der Waals surface area contributed by atoms with Gasteiger partial charge in [0, 0.05) is 11.1 Å². The van der Waals surface area contributed by atoms with E-state index in [0.717, 1.165) is 0 Å². The lowest BCUT2D eigenvalue weighted by Gasteiger charge is -2.08. The highest BCUT2D eigenvalue weighted by Gasteiger charge is 2.14. The van der Waals surface area contributed by atoms with Crippen molar-refractivity contribution in [3.05, 3.63) is 84.9 Å². The van der Waals surface area contributed by atoms with Gasteiger partial charge in [-0.2, -0.15) is 0 Å². The Kier molecular flexibility index (Phi) is 4.11. The van der Waals surface area contributed by atoms with E-state index in [1.165, 1.54) is 18.4 Å². The van der Waals surface area contributed by atoms with E-state index < -0.39 is 0 Å². The molecule has 4 rings (SSSR count). The molecule has 4 nitrogen and oxygen atoms in total. The maximum Gasteiger partial charge on any atom is 0.226 e. The first kappa shape index (κ1) is 15.9. The lowest BCUT2D eigenvalue weighted by Crippen LogP contribution is -1.87. The summed E-state index contributed by atoms with van der Waals surface area (Å²) >= 11 is 0. The molecule has 0 saturated heterocycles. The van der Waals surface area contributed by atoms with Crippen molar-refractivity contribution in [1.82, 2.24) is 4.98 Å². The molecule has 0 amide bonds. The van der Waals surface area contributed by atoms with Crippen LogP contribution in [0.25, 0.3) is 22.7 Å². The monoisotopic (exact) mass is 347 g/mol. The average Bonchev–Trinajstić information content (AvgIpc) is 3.15. The Labute approximate surface area is 149 Å². The van der Waals surface area contributed by atoms with Crippen LogP contribution in [0.2, 0.25) is 0 Å². The highest BCUT2D eigenvalue weighted by atomic mass is 19.1. The van der Waals surface area contributed by atoms with Crippen LogP contribution in [0.4, 0.5) is 4.39 Å². The standard InChI is InChI=1S/C21H14FNO3/c22-17-9-5-4-8-16(17)18-13-25-21(23-18)14-10-11-19(24)20(12-14)26-15-6-2-1-3-7-15/h1-13,24H. The van der Waals surface area contributed by atoms with Crippen molar-refractivity contribution >= 4 is 0 Å². The number of para-hydroxylation sites is 1. The Hall–Kier alpha value is -3.60. The first-order valence-corrected chi connectivity index (χ1v) is 7.97. The Morgan fingerprint density at radius 3 is 2.50 bits per heavy atom. The first-order valence-electron chi connectivity index (χ1n) is 7.97. The van der Waals surface area contributed by atoms with Crippen LogP contribution >= 0.6 is 0 Å². The minimum Gasteiger partial charge on any atom is -0.504 e. The zero-order chi connectivity index (χ0) is 17.9. The predicted octanol–water partition coefficient (Wildman–Crippen LogP) is 5.65. The summed E-state index contributed by atoms with van der Waals surface area (Å²) in [4.78, 5) is 4.35. The fourth-order valence-corrected chi connectivity index (χ4v) is 2.54. The number of aromatic nitrogens is 1. The lowest BCUT2D eigenvalue weighted by atomic mass is 10.1. The molecule has 0 spiro atoms. The lowest BCUT2D eigenvalue weighted by molar-refractivity contribution is 0.411. The minimum absolute atomic E-state index is 0.00140. The maximum atomic E-state index is 13.9. The topological polar surface area (TPSA) is 55.5 Å². The Morgan fingerprint density at radius 1 is 0.923 bits per heavy atom. The van der Waals surface area contributed by atoms with Crippen molar-refractivity contribution in [3.63, 3.8) is 0 Å². The number of ether oxygens (including phenoxy) is 1. The second-order valence-electron chi connectivity index (χ2n) is 5.62. The third-order valence-electron chi connectivity index (χ3n) is 3.83. The van der Waals surface area contributed by atoms with Crippen LogP contribution < -0.4 is 4.74 Å². The molecule has 0 radical (unpaired) electrons. The number of halogens is 1. The summed E-state index contributed by atoms with van der Waals surface area (Å²) in [5.74, 6) is 0.810. The largest absolute Gasteiger partial charge is 0.504 e. The van der Waals surface area contributed by atoms with Gasteiger partial charge in [0.2, 0.25) is 5.89 Å². The number of hydrogen-bond acceptors (Lipinski definition) is 4. The van der Waals surface area contributed by atoms with E-state index in [-0.39, 0.29) is 17.3 Å². The third kappa shape index (κ3) is 3.15. The third-order valence-corrected chi connectivity index (χ3v) is 3.83. The van der Waals surface area contributed by atoms with Crippen LogP contribution in [-0.2, 0) is 0 Å². The van der Waals surface area contributed by atoms with Crippen LogP contribution in [0, 0.1) is 5.82 Å². The quantitative estimate of drug-likeness (QED) is 0.518. The maximum absolute atomic E-state index is 13.9. The SMILES string of the molecule is Oc1ccc(-c2nc(-c3ccccc3F)co2)cc1Oc1ccccc1. The summed E-state index contributed by atoms with van der Waals surface area (Å²) in [6.45, 7) is 0. The number of phenolic OH excluding ortho intramolecular Hbond substituents is 1. The molecule has 1 heterocycles. The summed E-state index contributed by atoms with van der Waals surface area (Å²) in [7, 11) is 0. The molecular formula is C21H14FNO3. The molecule has 0 atom stereocenters. The van der Waals surface area contributed by atoms with E-state index in [1.54, 1.807) is 42.5 Å². The van der Waals surface area contributed by atoms with E-state index in [4.69, 9.17) is 9.15 Å². The predicted molar refractivity (Wildman–Crippen MR) is 95.5 cm³/mol. The normalized spacial score (nSPS) is 10.7. The van der Waals surface area contributed by atoms with Gasteiger partial charge in [-0.15, -0.1) is 0 Å². The number of hydrogen-bond donors (Lipinski definition) is 1. The van der Waals surface area contributed by atoms with Gasteiger partial charge in [0.1, 0.15) is 23.5 Å². The number of rotatable bonds is 4. The van der Waals surface area contributed by atoms with E-state index in [1.807, 2.05) is 18.2 Å². The second kappa shape index (κ2) is 6.72. The molecule has 0 bridgehead atoms. The van der Waals surface area contributed by atoms with E-state index in [2.05, 4.69) is 4.98 Å². The summed E-state index contributed by atoms with van der Waals surface area (Å²) in [6.07, 6.45) is 1.40. The van der Waals surface area contributed by atoms with Crippen LogP contribution in [0.15, 0.2) is 83.5 Å². The molecule has 128 valence electrons. The van der Waals surface area contributed by atoms with Gasteiger partial charge < -0.3 is 14.3 Å². The molecule has 3 aromatic carbocycles. The highest BCUT2D eigenvalue weighted by Crippen LogP contribution is 2.35. The van der Waals surface area contributed by atoms with Gasteiger partial charge in [-0.25, -0.2) is 9.37 Å². The summed E-state index contributed by atoms with van der Waals surface area (Å²) in [6, 6.07) is 20.3. The Morgan fingerprint density at radius 2 is 1.69 bits per heavy atom. The van der Waals surface area contributed by atoms with Crippen LogP contribution in [0.5, 0.6) is 17.2 Å². The van der Waals surface area contributed by atoms with E-state index in [0.29, 0.717) is 28.5 Å². The number of benzene rings is 3. The second-order valence-corrected chi connectivity index (χ2v) is 5.62. The molecule has 0 aliphatic heterocycles. The van der Waals surface area contributed by atoms with Gasteiger partial charge in [0.15, 0.2) is 11.5 Å².